The van der Waals surface area contributed by atoms with Crippen molar-refractivity contribution < 1.29 is 8.42 Å². The van der Waals surface area contributed by atoms with Crippen LogP contribution in [0.5, 0.6) is 0 Å². The van der Waals surface area contributed by atoms with Crippen molar-refractivity contribution >= 4 is 27.6 Å². The van der Waals surface area contributed by atoms with Crippen LogP contribution in [0.3, 0.4) is 0 Å². The number of hydrogen-bond donors (Lipinski definition) is 2. The topological polar surface area (TPSA) is 84.0 Å². The van der Waals surface area contributed by atoms with Crippen molar-refractivity contribution in [1.29, 1.82) is 0 Å². The predicted molar refractivity (Wildman–Crippen MR) is 57.9 cm³/mol. The summed E-state index contributed by atoms with van der Waals surface area (Å²) in [6, 6.07) is 1.41. The molecule has 0 saturated carbocycles. The highest BCUT2D eigenvalue weighted by Crippen LogP contribution is 2.06. The lowest BCUT2D eigenvalue weighted by Gasteiger charge is -2.07. The van der Waals surface area contributed by atoms with Crippen molar-refractivity contribution in [3.8, 4) is 0 Å². The van der Waals surface area contributed by atoms with Crippen LogP contribution in [0.4, 0.5) is 5.82 Å². The number of aromatic nitrogens is 2. The molecule has 0 saturated heterocycles. The van der Waals surface area contributed by atoms with Crippen molar-refractivity contribution in [3.05, 3.63) is 17.5 Å². The van der Waals surface area contributed by atoms with Gasteiger partial charge in [0.1, 0.15) is 5.82 Å². The number of hydrogen-bond acceptors (Lipinski definition) is 4. The normalized spacial score (nSPS) is 11.3. The molecular weight excluding hydrogens is 240 g/mol. The van der Waals surface area contributed by atoms with Gasteiger partial charge in [-0.15, -0.1) is 0 Å². The Kier molecular flexibility index (Phi) is 4.25. The van der Waals surface area contributed by atoms with Gasteiger partial charge in [0.25, 0.3) is 10.2 Å². The Morgan fingerprint density at radius 3 is 2.87 bits per heavy atom. The molecule has 0 aliphatic heterocycles. The highest BCUT2D eigenvalue weighted by molar-refractivity contribution is 7.90. The summed E-state index contributed by atoms with van der Waals surface area (Å²) < 4.78 is 27.2. The second-order valence-corrected chi connectivity index (χ2v) is 4.55. The van der Waals surface area contributed by atoms with Crippen LogP contribution in [-0.2, 0) is 10.2 Å². The van der Waals surface area contributed by atoms with Gasteiger partial charge in [-0.2, -0.15) is 18.1 Å². The summed E-state index contributed by atoms with van der Waals surface area (Å²) in [6.07, 6.45) is 2.08. The number of nitrogens with one attached hydrogen (secondary N) is 2. The van der Waals surface area contributed by atoms with Crippen LogP contribution in [0, 0.1) is 0 Å². The Hall–Kier alpha value is -0.920. The smallest absolute Gasteiger partial charge is 0.254 e. The second-order valence-electron chi connectivity index (χ2n) is 2.71. The first-order chi connectivity index (χ1) is 7.03. The first-order valence-electron chi connectivity index (χ1n) is 4.29. The molecule has 0 aliphatic carbocycles. The average Bonchev–Trinajstić information content (AvgIpc) is 2.14. The van der Waals surface area contributed by atoms with E-state index in [2.05, 4.69) is 19.4 Å². The molecule has 1 aromatic rings. The van der Waals surface area contributed by atoms with E-state index in [0.29, 0.717) is 13.0 Å². The van der Waals surface area contributed by atoms with Gasteiger partial charge in [0.15, 0.2) is 0 Å². The highest BCUT2D eigenvalue weighted by Gasteiger charge is 2.09. The Labute approximate surface area is 93.3 Å². The zero-order valence-electron chi connectivity index (χ0n) is 8.07. The van der Waals surface area contributed by atoms with Crippen LogP contribution in [0.1, 0.15) is 13.3 Å². The van der Waals surface area contributed by atoms with Gasteiger partial charge in [-0.3, -0.25) is 4.72 Å². The van der Waals surface area contributed by atoms with Gasteiger partial charge in [-0.1, -0.05) is 6.92 Å². The van der Waals surface area contributed by atoms with E-state index in [0.717, 1.165) is 0 Å². The lowest BCUT2D eigenvalue weighted by atomic mass is 10.5. The molecule has 1 aromatic heterocycles. The molecule has 0 aromatic carbocycles. The Bertz CT molecular complexity index is 423. The SMILES string of the molecule is CCCNS(=O)(=O)Nc1ccnc(Cl)n1. The van der Waals surface area contributed by atoms with Gasteiger partial charge < -0.3 is 0 Å². The largest absolute Gasteiger partial charge is 0.300 e. The summed E-state index contributed by atoms with van der Waals surface area (Å²) in [5, 5.41) is -0.00862. The summed E-state index contributed by atoms with van der Waals surface area (Å²) in [6.45, 7) is 2.23. The molecule has 0 atom stereocenters. The van der Waals surface area contributed by atoms with E-state index in [-0.39, 0.29) is 11.1 Å². The molecule has 2 N–H and O–H groups in total. The lowest BCUT2D eigenvalue weighted by molar-refractivity contribution is 0.586. The van der Waals surface area contributed by atoms with Crippen molar-refractivity contribution in [2.45, 2.75) is 13.3 Å². The van der Waals surface area contributed by atoms with Gasteiger partial charge in [-0.05, 0) is 24.1 Å². The molecule has 0 bridgehead atoms. The van der Waals surface area contributed by atoms with Crippen LogP contribution in [0.15, 0.2) is 12.3 Å². The standard InChI is InChI=1S/C7H11ClN4O2S/c1-2-4-10-15(13,14)12-6-3-5-9-7(8)11-6/h3,5,10H,2,4H2,1H3,(H,9,11,12). The van der Waals surface area contributed by atoms with E-state index < -0.39 is 10.2 Å². The number of rotatable bonds is 5. The minimum Gasteiger partial charge on any atom is -0.254 e. The van der Waals surface area contributed by atoms with Gasteiger partial charge >= 0.3 is 0 Å². The number of anilines is 1. The second kappa shape index (κ2) is 5.24. The fourth-order valence-electron chi connectivity index (χ4n) is 0.802. The molecule has 6 nitrogen and oxygen atoms in total. The Morgan fingerprint density at radius 1 is 1.53 bits per heavy atom. The molecular formula is C7H11ClN4O2S. The first kappa shape index (κ1) is 12.2. The molecule has 15 heavy (non-hydrogen) atoms. The van der Waals surface area contributed by atoms with E-state index in [9.17, 15) is 8.42 Å². The number of nitrogens with zero attached hydrogens (tertiary/aromatic N) is 2. The average molecular weight is 251 g/mol. The zero-order chi connectivity index (χ0) is 11.3. The molecule has 0 spiro atoms. The molecule has 0 amide bonds. The summed E-state index contributed by atoms with van der Waals surface area (Å²) >= 11 is 5.50. The molecule has 0 fully saturated rings. The van der Waals surface area contributed by atoms with Gasteiger partial charge in [0.05, 0.1) is 0 Å². The van der Waals surface area contributed by atoms with E-state index in [4.69, 9.17) is 11.6 Å². The van der Waals surface area contributed by atoms with E-state index >= 15 is 0 Å². The molecule has 1 heterocycles. The summed E-state index contributed by atoms with van der Waals surface area (Å²) in [4.78, 5) is 7.32. The first-order valence-corrected chi connectivity index (χ1v) is 6.15. The Balaban J connectivity index is 2.69. The molecule has 0 aliphatic rings. The van der Waals surface area contributed by atoms with Gasteiger partial charge in [-0.25, -0.2) is 4.98 Å². The van der Waals surface area contributed by atoms with Crippen LogP contribution in [-0.4, -0.2) is 24.9 Å². The van der Waals surface area contributed by atoms with E-state index in [1.807, 2.05) is 6.92 Å². The Morgan fingerprint density at radius 2 is 2.27 bits per heavy atom. The summed E-state index contributed by atoms with van der Waals surface area (Å²) in [5.41, 5.74) is 0. The molecule has 0 radical (unpaired) electrons. The fraction of sp³-hybridized carbons (Fsp3) is 0.429. The fourth-order valence-corrected chi connectivity index (χ4v) is 1.88. The molecule has 84 valence electrons. The maximum atomic E-state index is 11.3. The molecule has 8 heteroatoms. The van der Waals surface area contributed by atoms with Gasteiger partial charge in [0, 0.05) is 12.7 Å². The van der Waals surface area contributed by atoms with Crippen molar-refractivity contribution in [3.63, 3.8) is 0 Å². The third-order valence-corrected chi connectivity index (χ3v) is 2.65. The minimum atomic E-state index is -3.56. The maximum absolute atomic E-state index is 11.3. The third kappa shape index (κ3) is 4.41. The van der Waals surface area contributed by atoms with Crippen LogP contribution >= 0.6 is 11.6 Å². The zero-order valence-corrected chi connectivity index (χ0v) is 9.64. The van der Waals surface area contributed by atoms with Crippen molar-refractivity contribution in [2.24, 2.45) is 0 Å². The maximum Gasteiger partial charge on any atom is 0.300 e. The monoisotopic (exact) mass is 250 g/mol. The molecule has 1 rings (SSSR count). The summed E-state index contributed by atoms with van der Waals surface area (Å²) in [7, 11) is -3.56. The summed E-state index contributed by atoms with van der Waals surface area (Å²) in [5.74, 6) is 0.138. The van der Waals surface area contributed by atoms with E-state index in [1.54, 1.807) is 0 Å². The highest BCUT2D eigenvalue weighted by atomic mass is 35.5. The number of halogens is 1. The third-order valence-electron chi connectivity index (χ3n) is 1.41. The quantitative estimate of drug-likeness (QED) is 0.757. The van der Waals surface area contributed by atoms with Crippen molar-refractivity contribution in [1.82, 2.24) is 14.7 Å². The van der Waals surface area contributed by atoms with Gasteiger partial charge in [0.2, 0.25) is 5.28 Å². The lowest BCUT2D eigenvalue weighted by Crippen LogP contribution is -2.31. The molecule has 0 unspecified atom stereocenters. The van der Waals surface area contributed by atoms with Crippen LogP contribution in [0.2, 0.25) is 5.28 Å². The minimum absolute atomic E-state index is 0.00862. The predicted octanol–water partition coefficient (Wildman–Crippen LogP) is 0.786. The van der Waals surface area contributed by atoms with Crippen LogP contribution in [0.25, 0.3) is 0 Å². The van der Waals surface area contributed by atoms with Crippen LogP contribution < -0.4 is 9.44 Å². The van der Waals surface area contributed by atoms with E-state index in [1.165, 1.54) is 12.3 Å². The van der Waals surface area contributed by atoms with Crippen molar-refractivity contribution in [2.75, 3.05) is 11.3 Å².